The Kier molecular flexibility index (Phi) is 7.00. The average Bonchev–Trinajstić information content (AvgIpc) is 2.51. The summed E-state index contributed by atoms with van der Waals surface area (Å²) in [5.41, 5.74) is 0.580. The number of carbonyl (C=O) groups excluding carboxylic acids is 1. The van der Waals surface area contributed by atoms with E-state index in [1.165, 1.54) is 6.08 Å². The van der Waals surface area contributed by atoms with E-state index in [4.69, 9.17) is 9.47 Å². The summed E-state index contributed by atoms with van der Waals surface area (Å²) >= 11 is 0. The van der Waals surface area contributed by atoms with E-state index in [9.17, 15) is 4.79 Å². The summed E-state index contributed by atoms with van der Waals surface area (Å²) in [7, 11) is 1.63. The molecule has 0 bridgehead atoms. The lowest BCUT2D eigenvalue weighted by atomic mass is 9.96. The Balaban J connectivity index is 2.60. The molecular weight excluding hydrogens is 264 g/mol. The molecule has 1 aromatic rings. The maximum absolute atomic E-state index is 11.9. The third-order valence-corrected chi connectivity index (χ3v) is 3.68. The summed E-state index contributed by atoms with van der Waals surface area (Å²) in [6, 6.07) is 7.53. The highest BCUT2D eigenvalue weighted by molar-refractivity contribution is 5.87. The molecule has 21 heavy (non-hydrogen) atoms. The number of carbonyl (C=O) groups is 1. The van der Waals surface area contributed by atoms with E-state index in [1.54, 1.807) is 13.2 Å². The number of ether oxygens (including phenoxy) is 2. The Hall–Kier alpha value is -1.77. The van der Waals surface area contributed by atoms with Crippen LogP contribution in [-0.2, 0) is 9.53 Å². The van der Waals surface area contributed by atoms with Gasteiger partial charge in [0.25, 0.3) is 0 Å². The summed E-state index contributed by atoms with van der Waals surface area (Å²) in [5.74, 6) is 0.513. The third-order valence-electron chi connectivity index (χ3n) is 3.68. The van der Waals surface area contributed by atoms with Crippen LogP contribution in [-0.4, -0.2) is 18.7 Å². The lowest BCUT2D eigenvalue weighted by Gasteiger charge is -2.27. The molecular formula is C18H26O3. The van der Waals surface area contributed by atoms with Crippen LogP contribution in [0.4, 0.5) is 0 Å². The van der Waals surface area contributed by atoms with Gasteiger partial charge in [-0.1, -0.05) is 32.4 Å². The van der Waals surface area contributed by atoms with Gasteiger partial charge in [-0.25, -0.2) is 4.79 Å². The number of benzene rings is 1. The van der Waals surface area contributed by atoms with E-state index < -0.39 is 0 Å². The Bertz CT molecular complexity index is 462. The molecule has 3 heteroatoms. The molecule has 0 amide bonds. The first-order valence-electron chi connectivity index (χ1n) is 7.58. The normalized spacial score (nSPS) is 13.9. The molecule has 1 unspecified atom stereocenters. The van der Waals surface area contributed by atoms with Gasteiger partial charge in [-0.2, -0.15) is 0 Å². The van der Waals surface area contributed by atoms with Crippen LogP contribution in [0.3, 0.4) is 0 Å². The predicted molar refractivity (Wildman–Crippen MR) is 86.3 cm³/mol. The summed E-state index contributed by atoms with van der Waals surface area (Å²) in [6.07, 6.45) is 7.16. The minimum absolute atomic E-state index is 0.286. The van der Waals surface area contributed by atoms with Crippen LogP contribution in [0.25, 0.3) is 6.08 Å². The number of esters is 1. The Labute approximate surface area is 128 Å². The van der Waals surface area contributed by atoms with Crippen molar-refractivity contribution in [3.63, 3.8) is 0 Å². The van der Waals surface area contributed by atoms with Crippen molar-refractivity contribution in [3.8, 4) is 5.75 Å². The third kappa shape index (κ3) is 6.03. The molecule has 0 aromatic heterocycles. The predicted octanol–water partition coefficient (Wildman–Crippen LogP) is 4.61. The van der Waals surface area contributed by atoms with Crippen molar-refractivity contribution in [1.82, 2.24) is 0 Å². The SMILES string of the molecule is CCCCC(C)(CC)OC(=O)C=Cc1ccc(OC)cc1. The summed E-state index contributed by atoms with van der Waals surface area (Å²) in [5, 5.41) is 0. The smallest absolute Gasteiger partial charge is 0.331 e. The van der Waals surface area contributed by atoms with E-state index in [-0.39, 0.29) is 11.6 Å². The number of unbranched alkanes of at least 4 members (excludes halogenated alkanes) is 1. The van der Waals surface area contributed by atoms with Gasteiger partial charge >= 0.3 is 5.97 Å². The molecule has 0 aliphatic heterocycles. The molecule has 0 saturated heterocycles. The van der Waals surface area contributed by atoms with Crippen LogP contribution in [0, 0.1) is 0 Å². The number of hydrogen-bond donors (Lipinski definition) is 0. The Morgan fingerprint density at radius 1 is 1.24 bits per heavy atom. The molecule has 0 fully saturated rings. The fourth-order valence-electron chi connectivity index (χ4n) is 2.01. The molecule has 0 radical (unpaired) electrons. The largest absolute Gasteiger partial charge is 0.497 e. The molecule has 116 valence electrons. The van der Waals surface area contributed by atoms with E-state index >= 15 is 0 Å². The molecule has 0 N–H and O–H groups in total. The van der Waals surface area contributed by atoms with Gasteiger partial charge in [0.1, 0.15) is 11.4 Å². The second-order valence-electron chi connectivity index (χ2n) is 5.43. The van der Waals surface area contributed by atoms with Crippen LogP contribution in [0.1, 0.15) is 52.0 Å². The summed E-state index contributed by atoms with van der Waals surface area (Å²) in [4.78, 5) is 11.9. The zero-order chi connectivity index (χ0) is 15.7. The lowest BCUT2D eigenvalue weighted by Crippen LogP contribution is -2.30. The van der Waals surface area contributed by atoms with Crippen molar-refractivity contribution in [3.05, 3.63) is 35.9 Å². The Morgan fingerprint density at radius 3 is 2.43 bits per heavy atom. The molecule has 1 atom stereocenters. The molecule has 0 heterocycles. The quantitative estimate of drug-likeness (QED) is 0.518. The highest BCUT2D eigenvalue weighted by atomic mass is 16.6. The maximum Gasteiger partial charge on any atom is 0.331 e. The first-order valence-corrected chi connectivity index (χ1v) is 7.58. The van der Waals surface area contributed by atoms with Crippen molar-refractivity contribution in [2.45, 2.75) is 52.1 Å². The first kappa shape index (κ1) is 17.3. The Morgan fingerprint density at radius 2 is 1.90 bits per heavy atom. The van der Waals surface area contributed by atoms with Crippen LogP contribution in [0.5, 0.6) is 5.75 Å². The fourth-order valence-corrected chi connectivity index (χ4v) is 2.01. The molecule has 0 aliphatic rings. The van der Waals surface area contributed by atoms with E-state index in [1.807, 2.05) is 31.2 Å². The maximum atomic E-state index is 11.9. The zero-order valence-corrected chi connectivity index (χ0v) is 13.5. The lowest BCUT2D eigenvalue weighted by molar-refractivity contribution is -0.152. The molecule has 0 spiro atoms. The second-order valence-corrected chi connectivity index (χ2v) is 5.43. The van der Waals surface area contributed by atoms with Crippen LogP contribution in [0.15, 0.2) is 30.3 Å². The van der Waals surface area contributed by atoms with Crippen molar-refractivity contribution in [1.29, 1.82) is 0 Å². The van der Waals surface area contributed by atoms with Gasteiger partial charge in [0.2, 0.25) is 0 Å². The van der Waals surface area contributed by atoms with Crippen molar-refractivity contribution in [2.75, 3.05) is 7.11 Å². The van der Waals surface area contributed by atoms with Gasteiger partial charge < -0.3 is 9.47 Å². The average molecular weight is 290 g/mol. The van der Waals surface area contributed by atoms with Crippen molar-refractivity contribution < 1.29 is 14.3 Å². The standard InChI is InChI=1S/C18H26O3/c1-5-7-14-18(3,6-2)21-17(19)13-10-15-8-11-16(20-4)12-9-15/h8-13H,5-7,14H2,1-4H3. The first-order chi connectivity index (χ1) is 10.0. The summed E-state index contributed by atoms with van der Waals surface area (Å²) in [6.45, 7) is 6.19. The van der Waals surface area contributed by atoms with E-state index in [0.29, 0.717) is 0 Å². The molecule has 0 aliphatic carbocycles. The monoisotopic (exact) mass is 290 g/mol. The number of rotatable bonds is 8. The van der Waals surface area contributed by atoms with E-state index in [2.05, 4.69) is 13.8 Å². The van der Waals surface area contributed by atoms with Gasteiger partial charge in [0, 0.05) is 6.08 Å². The molecule has 1 aromatic carbocycles. The molecule has 1 rings (SSSR count). The van der Waals surface area contributed by atoms with Crippen LogP contribution < -0.4 is 4.74 Å². The number of hydrogen-bond acceptors (Lipinski definition) is 3. The van der Waals surface area contributed by atoms with Crippen molar-refractivity contribution >= 4 is 12.0 Å². The minimum atomic E-state index is -0.364. The highest BCUT2D eigenvalue weighted by Crippen LogP contribution is 2.23. The number of methoxy groups -OCH3 is 1. The second kappa shape index (κ2) is 8.50. The van der Waals surface area contributed by atoms with Gasteiger partial charge in [0.05, 0.1) is 7.11 Å². The van der Waals surface area contributed by atoms with Crippen LogP contribution in [0.2, 0.25) is 0 Å². The van der Waals surface area contributed by atoms with E-state index in [0.717, 1.165) is 37.0 Å². The van der Waals surface area contributed by atoms with Gasteiger partial charge in [-0.3, -0.25) is 0 Å². The molecule has 3 nitrogen and oxygen atoms in total. The van der Waals surface area contributed by atoms with Gasteiger partial charge in [-0.05, 0) is 50.0 Å². The van der Waals surface area contributed by atoms with Gasteiger partial charge in [0.15, 0.2) is 0 Å². The van der Waals surface area contributed by atoms with Gasteiger partial charge in [-0.15, -0.1) is 0 Å². The van der Waals surface area contributed by atoms with Crippen molar-refractivity contribution in [2.24, 2.45) is 0 Å². The zero-order valence-electron chi connectivity index (χ0n) is 13.5. The highest BCUT2D eigenvalue weighted by Gasteiger charge is 2.24. The van der Waals surface area contributed by atoms with Crippen LogP contribution >= 0.6 is 0 Å². The fraction of sp³-hybridized carbons (Fsp3) is 0.500. The molecule has 0 saturated carbocycles. The minimum Gasteiger partial charge on any atom is -0.497 e. The summed E-state index contributed by atoms with van der Waals surface area (Å²) < 4.78 is 10.7. The topological polar surface area (TPSA) is 35.5 Å².